The molecule has 1 aromatic carbocycles. The Bertz CT molecular complexity index is 1520. The molecule has 0 unspecified atom stereocenters. The number of hydrogen-bond acceptors (Lipinski definition) is 7. The number of carbonyl (C=O) groups is 1. The van der Waals surface area contributed by atoms with E-state index in [0.29, 0.717) is 35.4 Å². The Morgan fingerprint density at radius 2 is 2.06 bits per heavy atom. The second-order valence-electron chi connectivity index (χ2n) is 10.2. The maximum atomic E-state index is 14.6. The van der Waals surface area contributed by atoms with E-state index in [0.717, 1.165) is 23.1 Å². The first-order valence-electron chi connectivity index (χ1n) is 12.4. The summed E-state index contributed by atoms with van der Waals surface area (Å²) in [5.41, 5.74) is 2.10. The number of hydrogen-bond donors (Lipinski definition) is 2. The number of pyridine rings is 2. The molecule has 2 N–H and O–H groups in total. The van der Waals surface area contributed by atoms with Crippen molar-refractivity contribution in [2.45, 2.75) is 64.5 Å². The van der Waals surface area contributed by atoms with E-state index in [1.54, 1.807) is 30.5 Å². The maximum Gasteiger partial charge on any atom is 0.343 e. The van der Waals surface area contributed by atoms with Gasteiger partial charge < -0.3 is 19.5 Å². The molecule has 3 aliphatic rings. The van der Waals surface area contributed by atoms with Gasteiger partial charge in [-0.15, -0.1) is 0 Å². The molecule has 5 heterocycles. The van der Waals surface area contributed by atoms with Gasteiger partial charge in [0.1, 0.15) is 12.4 Å². The Kier molecular flexibility index (Phi) is 5.13. The van der Waals surface area contributed by atoms with Crippen LogP contribution in [0.3, 0.4) is 0 Å². The quantitative estimate of drug-likeness (QED) is 0.423. The van der Waals surface area contributed by atoms with Gasteiger partial charge in [0.2, 0.25) is 0 Å². The highest BCUT2D eigenvalue weighted by atomic mass is 19.1. The molecule has 3 aromatic rings. The maximum absolute atomic E-state index is 14.6. The number of aromatic nitrogens is 2. The number of benzene rings is 1. The van der Waals surface area contributed by atoms with Crippen LogP contribution in [0.15, 0.2) is 23.0 Å². The number of ether oxygens (including phenoxy) is 1. The van der Waals surface area contributed by atoms with Crippen molar-refractivity contribution < 1.29 is 24.1 Å². The number of likely N-dealkylation sites (tertiary alicyclic amines) is 1. The van der Waals surface area contributed by atoms with Crippen molar-refractivity contribution in [1.82, 2.24) is 14.5 Å². The van der Waals surface area contributed by atoms with Gasteiger partial charge in [0, 0.05) is 41.7 Å². The molecule has 0 spiro atoms. The van der Waals surface area contributed by atoms with Gasteiger partial charge >= 0.3 is 5.97 Å². The minimum Gasteiger partial charge on any atom is -0.458 e. The molecule has 9 heteroatoms. The van der Waals surface area contributed by atoms with Crippen molar-refractivity contribution >= 4 is 16.9 Å². The molecule has 1 fully saturated rings. The van der Waals surface area contributed by atoms with Crippen LogP contribution in [0.5, 0.6) is 0 Å². The van der Waals surface area contributed by atoms with Crippen LogP contribution >= 0.6 is 0 Å². The smallest absolute Gasteiger partial charge is 0.343 e. The van der Waals surface area contributed by atoms with E-state index in [9.17, 15) is 24.2 Å². The summed E-state index contributed by atoms with van der Waals surface area (Å²) in [5, 5.41) is 22.1. The normalized spacial score (nSPS) is 23.9. The molecule has 36 heavy (non-hydrogen) atoms. The molecular formula is C27H28FN3O5. The zero-order valence-electron chi connectivity index (χ0n) is 20.5. The lowest BCUT2D eigenvalue weighted by Crippen LogP contribution is -2.44. The van der Waals surface area contributed by atoms with Gasteiger partial charge in [0.15, 0.2) is 5.60 Å². The fourth-order valence-corrected chi connectivity index (χ4v) is 6.02. The molecule has 0 amide bonds. The van der Waals surface area contributed by atoms with Gasteiger partial charge in [-0.2, -0.15) is 0 Å². The fraction of sp³-hybridized carbons (Fsp3) is 0.444. The summed E-state index contributed by atoms with van der Waals surface area (Å²) in [6.07, 6.45) is 0.340. The molecule has 0 saturated carbocycles. The van der Waals surface area contributed by atoms with E-state index >= 15 is 0 Å². The Hall–Kier alpha value is -3.14. The largest absolute Gasteiger partial charge is 0.458 e. The SMILES string of the molecule is CC[C@@]1(O)C(=O)OCc2c1cc1n(c2=O)Cc2c-1nc1cc(F)c(C)cc1c2[C@@H](C)N1CC[C@@H](O)C1. The third-order valence-electron chi connectivity index (χ3n) is 8.17. The van der Waals surface area contributed by atoms with Crippen LogP contribution in [-0.2, 0) is 28.3 Å². The molecule has 3 aliphatic heterocycles. The number of cyclic esters (lactones) is 1. The number of aliphatic hydroxyl groups excluding tert-OH is 1. The van der Waals surface area contributed by atoms with Crippen LogP contribution in [0.4, 0.5) is 4.39 Å². The fourth-order valence-electron chi connectivity index (χ4n) is 6.02. The number of rotatable bonds is 3. The van der Waals surface area contributed by atoms with E-state index in [2.05, 4.69) is 11.8 Å². The van der Waals surface area contributed by atoms with Gasteiger partial charge in [0.25, 0.3) is 5.56 Å². The molecule has 188 valence electrons. The number of esters is 1. The number of aliphatic hydroxyl groups is 2. The molecule has 8 nitrogen and oxygen atoms in total. The summed E-state index contributed by atoms with van der Waals surface area (Å²) in [4.78, 5) is 33.1. The molecule has 6 rings (SSSR count). The highest BCUT2D eigenvalue weighted by molar-refractivity contribution is 5.90. The highest BCUT2D eigenvalue weighted by Crippen LogP contribution is 2.43. The first-order chi connectivity index (χ1) is 17.1. The lowest BCUT2D eigenvalue weighted by molar-refractivity contribution is -0.172. The van der Waals surface area contributed by atoms with Crippen LogP contribution < -0.4 is 5.56 Å². The van der Waals surface area contributed by atoms with E-state index < -0.39 is 17.7 Å². The topological polar surface area (TPSA) is 105 Å². The van der Waals surface area contributed by atoms with Gasteiger partial charge in [-0.05, 0) is 49.9 Å². The molecule has 0 bridgehead atoms. The molecule has 0 aliphatic carbocycles. The van der Waals surface area contributed by atoms with E-state index in [4.69, 9.17) is 9.72 Å². The van der Waals surface area contributed by atoms with Crippen LogP contribution in [0, 0.1) is 12.7 Å². The van der Waals surface area contributed by atoms with Crippen LogP contribution in [0.2, 0.25) is 0 Å². The number of β-amino-alcohol motifs (C(OH)–C–C–N with tert-alkyl or cyclic N) is 1. The Morgan fingerprint density at radius 3 is 2.75 bits per heavy atom. The minimum atomic E-state index is -1.91. The Morgan fingerprint density at radius 1 is 1.28 bits per heavy atom. The van der Waals surface area contributed by atoms with Crippen molar-refractivity contribution in [3.8, 4) is 11.4 Å². The number of fused-ring (bicyclic) bond motifs is 5. The second-order valence-corrected chi connectivity index (χ2v) is 10.2. The number of carbonyl (C=O) groups excluding carboxylic acids is 1. The standard InChI is InChI=1S/C27H28FN3O5/c1-4-27(35)19-8-22-24-17(11-31(22)25(33)18(19)12-36-26(27)34)23(14(3)30-6-5-15(32)10-30)16-7-13(2)20(28)9-21(16)29-24/h7-9,14-15,32,35H,4-6,10-12H2,1-3H3/t14-,15-,27+/m1/s1. The van der Waals surface area contributed by atoms with E-state index in [1.165, 1.54) is 6.07 Å². The first kappa shape index (κ1) is 23.3. The zero-order valence-corrected chi connectivity index (χ0v) is 20.5. The minimum absolute atomic E-state index is 0.0593. The van der Waals surface area contributed by atoms with Crippen molar-refractivity contribution in [3.63, 3.8) is 0 Å². The number of nitrogens with zero attached hydrogens (tertiary/aromatic N) is 3. The van der Waals surface area contributed by atoms with Crippen molar-refractivity contribution in [2.24, 2.45) is 0 Å². The van der Waals surface area contributed by atoms with Crippen LogP contribution in [0.25, 0.3) is 22.3 Å². The first-order valence-corrected chi connectivity index (χ1v) is 12.4. The average molecular weight is 494 g/mol. The number of aryl methyl sites for hydroxylation is 1. The van der Waals surface area contributed by atoms with E-state index in [1.807, 2.05) is 0 Å². The van der Waals surface area contributed by atoms with Gasteiger partial charge in [-0.25, -0.2) is 14.2 Å². The third-order valence-corrected chi connectivity index (χ3v) is 8.17. The van der Waals surface area contributed by atoms with Gasteiger partial charge in [-0.1, -0.05) is 6.92 Å². The summed E-state index contributed by atoms with van der Waals surface area (Å²) in [6.45, 7) is 6.77. The zero-order chi connectivity index (χ0) is 25.5. The molecule has 2 aromatic heterocycles. The predicted octanol–water partition coefficient (Wildman–Crippen LogP) is 2.65. The number of halogens is 1. The molecule has 3 atom stereocenters. The van der Waals surface area contributed by atoms with Crippen molar-refractivity contribution in [2.75, 3.05) is 13.1 Å². The molecule has 1 saturated heterocycles. The second kappa shape index (κ2) is 7.93. The van der Waals surface area contributed by atoms with Gasteiger partial charge in [-0.3, -0.25) is 9.69 Å². The summed E-state index contributed by atoms with van der Waals surface area (Å²) in [6, 6.07) is 4.78. The van der Waals surface area contributed by atoms with E-state index in [-0.39, 0.29) is 48.1 Å². The summed E-state index contributed by atoms with van der Waals surface area (Å²) in [5.74, 6) is -1.14. The van der Waals surface area contributed by atoms with Gasteiger partial charge in [0.05, 0.1) is 35.1 Å². The van der Waals surface area contributed by atoms with Crippen molar-refractivity contribution in [3.05, 3.63) is 62.2 Å². The Labute approximate surface area is 206 Å². The molecule has 0 radical (unpaired) electrons. The lowest BCUT2D eigenvalue weighted by Gasteiger charge is -2.31. The van der Waals surface area contributed by atoms with Crippen molar-refractivity contribution in [1.29, 1.82) is 0 Å². The Balaban J connectivity index is 1.63. The summed E-state index contributed by atoms with van der Waals surface area (Å²) >= 11 is 0. The summed E-state index contributed by atoms with van der Waals surface area (Å²) < 4.78 is 21.4. The predicted molar refractivity (Wildman–Crippen MR) is 130 cm³/mol. The lowest BCUT2D eigenvalue weighted by atomic mass is 9.86. The average Bonchev–Trinajstić information content (AvgIpc) is 3.45. The van der Waals surface area contributed by atoms with Crippen LogP contribution in [0.1, 0.15) is 60.5 Å². The highest BCUT2D eigenvalue weighted by Gasteiger charge is 2.45. The monoisotopic (exact) mass is 493 g/mol. The molecular weight excluding hydrogens is 465 g/mol. The third kappa shape index (κ3) is 3.12. The van der Waals surface area contributed by atoms with Crippen LogP contribution in [-0.4, -0.2) is 49.8 Å². The summed E-state index contributed by atoms with van der Waals surface area (Å²) in [7, 11) is 0.